The molecule has 19 heavy (non-hydrogen) atoms. The molecule has 1 aliphatic carbocycles. The van der Waals surface area contributed by atoms with E-state index in [0.29, 0.717) is 12.8 Å². The maximum atomic E-state index is 11.6. The van der Waals surface area contributed by atoms with Gasteiger partial charge in [0.2, 0.25) is 0 Å². The van der Waals surface area contributed by atoms with Crippen LogP contribution in [0.15, 0.2) is 12.1 Å². The highest BCUT2D eigenvalue weighted by Gasteiger charge is 2.49. The van der Waals surface area contributed by atoms with Crippen molar-refractivity contribution in [2.45, 2.75) is 31.8 Å². The number of ether oxygens (including phenoxy) is 3. The van der Waals surface area contributed by atoms with Crippen molar-refractivity contribution < 1.29 is 19.0 Å². The van der Waals surface area contributed by atoms with Crippen molar-refractivity contribution in [3.8, 4) is 11.5 Å². The zero-order valence-corrected chi connectivity index (χ0v) is 11.5. The molecular weight excluding hydrogens is 244 g/mol. The lowest BCUT2D eigenvalue weighted by atomic mass is 9.73. The molecule has 1 fully saturated rings. The van der Waals surface area contributed by atoms with E-state index in [4.69, 9.17) is 14.2 Å². The minimum atomic E-state index is -0.383. The molecule has 1 aromatic rings. The molecule has 0 saturated carbocycles. The monoisotopic (exact) mass is 262 g/mol. The number of methoxy groups -OCH3 is 2. The Morgan fingerprint density at radius 3 is 2.74 bits per heavy atom. The number of hydrogen-bond donors (Lipinski definition) is 0. The second kappa shape index (κ2) is 4.15. The first-order valence-corrected chi connectivity index (χ1v) is 6.51. The lowest BCUT2D eigenvalue weighted by Gasteiger charge is -2.36. The molecule has 1 heterocycles. The molecular formula is C15H18O4. The molecule has 0 amide bonds. The highest BCUT2D eigenvalue weighted by Crippen LogP contribution is 2.46. The SMILES string of the molecule is COc1cc2c(c(OC)c1)CC1(C)OC(=O)CC1C2. The largest absolute Gasteiger partial charge is 0.497 e. The van der Waals surface area contributed by atoms with E-state index in [9.17, 15) is 4.79 Å². The highest BCUT2D eigenvalue weighted by atomic mass is 16.6. The third-order valence-electron chi connectivity index (χ3n) is 4.35. The molecule has 3 rings (SSSR count). The van der Waals surface area contributed by atoms with E-state index in [1.807, 2.05) is 19.1 Å². The predicted octanol–water partition coefficient (Wildman–Crippen LogP) is 2.12. The molecule has 1 aromatic carbocycles. The van der Waals surface area contributed by atoms with Gasteiger partial charge < -0.3 is 14.2 Å². The summed E-state index contributed by atoms with van der Waals surface area (Å²) in [6, 6.07) is 3.93. The van der Waals surface area contributed by atoms with Crippen LogP contribution in [0.4, 0.5) is 0 Å². The van der Waals surface area contributed by atoms with Crippen molar-refractivity contribution >= 4 is 5.97 Å². The fourth-order valence-electron chi connectivity index (χ4n) is 3.24. The van der Waals surface area contributed by atoms with Crippen LogP contribution in [-0.2, 0) is 22.4 Å². The Kier molecular flexibility index (Phi) is 2.69. The molecule has 1 aliphatic heterocycles. The van der Waals surface area contributed by atoms with Crippen LogP contribution < -0.4 is 9.47 Å². The number of carbonyl (C=O) groups excluding carboxylic acids is 1. The summed E-state index contributed by atoms with van der Waals surface area (Å²) in [5, 5.41) is 0. The van der Waals surface area contributed by atoms with Gasteiger partial charge in [0.15, 0.2) is 0 Å². The van der Waals surface area contributed by atoms with Gasteiger partial charge in [0.05, 0.1) is 20.6 Å². The summed E-state index contributed by atoms with van der Waals surface area (Å²) in [6.45, 7) is 2.02. The first-order chi connectivity index (χ1) is 9.05. The van der Waals surface area contributed by atoms with E-state index in [0.717, 1.165) is 23.5 Å². The van der Waals surface area contributed by atoms with E-state index in [-0.39, 0.29) is 17.5 Å². The lowest BCUT2D eigenvalue weighted by molar-refractivity contribution is -0.148. The fraction of sp³-hybridized carbons (Fsp3) is 0.533. The van der Waals surface area contributed by atoms with Crippen LogP contribution in [0.3, 0.4) is 0 Å². The Morgan fingerprint density at radius 1 is 1.26 bits per heavy atom. The molecule has 102 valence electrons. The number of benzene rings is 1. The summed E-state index contributed by atoms with van der Waals surface area (Å²) < 4.78 is 16.3. The topological polar surface area (TPSA) is 44.8 Å². The quantitative estimate of drug-likeness (QED) is 0.766. The van der Waals surface area contributed by atoms with Crippen molar-refractivity contribution in [3.05, 3.63) is 23.3 Å². The van der Waals surface area contributed by atoms with E-state index in [1.165, 1.54) is 5.56 Å². The predicted molar refractivity (Wildman–Crippen MR) is 69.6 cm³/mol. The zero-order valence-electron chi connectivity index (χ0n) is 11.5. The fourth-order valence-corrected chi connectivity index (χ4v) is 3.24. The van der Waals surface area contributed by atoms with Crippen molar-refractivity contribution in [1.29, 1.82) is 0 Å². The molecule has 1 saturated heterocycles. The van der Waals surface area contributed by atoms with Crippen LogP contribution in [0.25, 0.3) is 0 Å². The molecule has 0 bridgehead atoms. The first kappa shape index (κ1) is 12.3. The standard InChI is InChI=1S/C15H18O4/c1-15-8-12-9(4-10(15)6-14(16)19-15)5-11(17-2)7-13(12)18-3/h5,7,10H,4,6,8H2,1-3H3. The summed E-state index contributed by atoms with van der Waals surface area (Å²) in [5.74, 6) is 1.77. The summed E-state index contributed by atoms with van der Waals surface area (Å²) in [5.41, 5.74) is 1.96. The maximum absolute atomic E-state index is 11.6. The van der Waals surface area contributed by atoms with Gasteiger partial charge in [-0.3, -0.25) is 4.79 Å². The average molecular weight is 262 g/mol. The van der Waals surface area contributed by atoms with Gasteiger partial charge in [0.25, 0.3) is 0 Å². The number of fused-ring (bicyclic) bond motifs is 2. The van der Waals surface area contributed by atoms with Crippen LogP contribution in [0.1, 0.15) is 24.5 Å². The summed E-state index contributed by atoms with van der Waals surface area (Å²) >= 11 is 0. The van der Waals surface area contributed by atoms with E-state index in [2.05, 4.69) is 0 Å². The van der Waals surface area contributed by atoms with Gasteiger partial charge in [-0.25, -0.2) is 0 Å². The minimum absolute atomic E-state index is 0.0914. The number of rotatable bonds is 2. The third kappa shape index (κ3) is 1.86. The van der Waals surface area contributed by atoms with Gasteiger partial charge in [-0.05, 0) is 25.0 Å². The summed E-state index contributed by atoms with van der Waals surface area (Å²) in [6.07, 6.45) is 2.06. The smallest absolute Gasteiger partial charge is 0.306 e. The Labute approximate surface area is 112 Å². The summed E-state index contributed by atoms with van der Waals surface area (Å²) in [7, 11) is 3.31. The molecule has 0 aromatic heterocycles. The Hall–Kier alpha value is -1.71. The number of hydrogen-bond acceptors (Lipinski definition) is 4. The van der Waals surface area contributed by atoms with E-state index in [1.54, 1.807) is 14.2 Å². The Morgan fingerprint density at radius 2 is 2.05 bits per heavy atom. The van der Waals surface area contributed by atoms with Gasteiger partial charge >= 0.3 is 5.97 Å². The van der Waals surface area contributed by atoms with Gasteiger partial charge in [-0.2, -0.15) is 0 Å². The second-order valence-corrected chi connectivity index (χ2v) is 5.54. The van der Waals surface area contributed by atoms with E-state index < -0.39 is 0 Å². The van der Waals surface area contributed by atoms with Gasteiger partial charge in [0, 0.05) is 24.0 Å². The Bertz CT molecular complexity index is 537. The zero-order chi connectivity index (χ0) is 13.6. The average Bonchev–Trinajstić information content (AvgIpc) is 2.67. The summed E-state index contributed by atoms with van der Waals surface area (Å²) in [4.78, 5) is 11.6. The molecule has 2 atom stereocenters. The highest BCUT2D eigenvalue weighted by molar-refractivity contribution is 5.73. The second-order valence-electron chi connectivity index (χ2n) is 5.54. The third-order valence-corrected chi connectivity index (χ3v) is 4.35. The lowest BCUT2D eigenvalue weighted by Crippen LogP contribution is -2.39. The van der Waals surface area contributed by atoms with Crippen LogP contribution >= 0.6 is 0 Å². The molecule has 4 heteroatoms. The van der Waals surface area contributed by atoms with Crippen molar-refractivity contribution in [1.82, 2.24) is 0 Å². The molecule has 0 spiro atoms. The number of esters is 1. The van der Waals surface area contributed by atoms with Crippen LogP contribution in [0.5, 0.6) is 11.5 Å². The maximum Gasteiger partial charge on any atom is 0.306 e. The number of carbonyl (C=O) groups is 1. The molecule has 4 nitrogen and oxygen atoms in total. The van der Waals surface area contributed by atoms with Gasteiger partial charge in [0.1, 0.15) is 17.1 Å². The minimum Gasteiger partial charge on any atom is -0.497 e. The van der Waals surface area contributed by atoms with E-state index >= 15 is 0 Å². The van der Waals surface area contributed by atoms with Crippen LogP contribution in [-0.4, -0.2) is 25.8 Å². The van der Waals surface area contributed by atoms with Gasteiger partial charge in [-0.15, -0.1) is 0 Å². The Balaban J connectivity index is 2.06. The first-order valence-electron chi connectivity index (χ1n) is 6.51. The van der Waals surface area contributed by atoms with Gasteiger partial charge in [-0.1, -0.05) is 0 Å². The van der Waals surface area contributed by atoms with Crippen LogP contribution in [0, 0.1) is 5.92 Å². The molecule has 0 radical (unpaired) electrons. The van der Waals surface area contributed by atoms with Crippen molar-refractivity contribution in [2.24, 2.45) is 5.92 Å². The normalized spacial score (nSPS) is 28.4. The van der Waals surface area contributed by atoms with Crippen molar-refractivity contribution in [3.63, 3.8) is 0 Å². The van der Waals surface area contributed by atoms with Crippen molar-refractivity contribution in [2.75, 3.05) is 14.2 Å². The van der Waals surface area contributed by atoms with Crippen LogP contribution in [0.2, 0.25) is 0 Å². The molecule has 2 aliphatic rings. The molecule has 2 unspecified atom stereocenters. The molecule has 0 N–H and O–H groups in total.